The van der Waals surface area contributed by atoms with E-state index < -0.39 is 38.0 Å². The van der Waals surface area contributed by atoms with Gasteiger partial charge >= 0.3 is 20.2 Å². The summed E-state index contributed by atoms with van der Waals surface area (Å²) in [5.41, 5.74) is -1.32. The van der Waals surface area contributed by atoms with Crippen LogP contribution in [0.3, 0.4) is 0 Å². The molecule has 0 N–H and O–H groups in total. The molecule has 0 aromatic rings. The molecule has 1 heterocycles. The Kier molecular flexibility index (Phi) is 4.06. The molecule has 1 saturated heterocycles. The van der Waals surface area contributed by atoms with E-state index in [1.807, 2.05) is 0 Å². The summed E-state index contributed by atoms with van der Waals surface area (Å²) in [6.07, 6.45) is -16.8. The molecule has 11 heteroatoms. The summed E-state index contributed by atoms with van der Waals surface area (Å²) in [4.78, 5) is 0. The second-order valence-electron chi connectivity index (χ2n) is 4.46. The van der Waals surface area contributed by atoms with Crippen molar-refractivity contribution in [1.29, 1.82) is 0 Å². The van der Waals surface area contributed by atoms with E-state index in [1.165, 1.54) is 20.8 Å². The van der Waals surface area contributed by atoms with Gasteiger partial charge in [0.15, 0.2) is 0 Å². The van der Waals surface area contributed by atoms with Gasteiger partial charge in [0, 0.05) is 0 Å². The average Bonchev–Trinajstić information content (AvgIpc) is 2.29. The summed E-state index contributed by atoms with van der Waals surface area (Å²) in [6.45, 7) is 3.90. The molecule has 0 saturated carbocycles. The summed E-state index contributed by atoms with van der Waals surface area (Å²) in [7, 11) is -4.94. The summed E-state index contributed by atoms with van der Waals surface area (Å²) >= 11 is 0. The summed E-state index contributed by atoms with van der Waals surface area (Å²) in [5.74, 6) is 0. The maximum absolute atomic E-state index is 12.3. The number of alkyl halides is 6. The second-order valence-corrected chi connectivity index (χ2v) is 5.96. The molecule has 0 amide bonds. The Hall–Kier alpha value is -0.310. The Morgan fingerprint density at radius 1 is 1.16 bits per heavy atom. The third-order valence-corrected chi connectivity index (χ3v) is 4.18. The quantitative estimate of drug-likeness (QED) is 0.574. The molecule has 0 aromatic carbocycles. The van der Waals surface area contributed by atoms with Gasteiger partial charge in [0.05, 0.1) is 6.10 Å². The normalized spacial score (nSPS) is 32.0. The molecule has 1 rings (SSSR count). The Bertz CT molecular complexity index is 376. The van der Waals surface area contributed by atoms with Crippen LogP contribution >= 0.6 is 7.82 Å². The molecular formula is C8H11F6O4P. The van der Waals surface area contributed by atoms with Crippen molar-refractivity contribution in [1.82, 2.24) is 0 Å². The highest BCUT2D eigenvalue weighted by atomic mass is 31.2. The fraction of sp³-hybridized carbons (Fsp3) is 1.00. The van der Waals surface area contributed by atoms with Crippen molar-refractivity contribution in [3.8, 4) is 0 Å². The van der Waals surface area contributed by atoms with E-state index in [0.717, 1.165) is 0 Å². The van der Waals surface area contributed by atoms with Gasteiger partial charge in [0.2, 0.25) is 0 Å². The third kappa shape index (κ3) is 3.84. The highest BCUT2D eigenvalue weighted by Gasteiger charge is 2.63. The van der Waals surface area contributed by atoms with Crippen molar-refractivity contribution in [2.24, 2.45) is 0 Å². The van der Waals surface area contributed by atoms with E-state index >= 15 is 0 Å². The van der Waals surface area contributed by atoms with Crippen molar-refractivity contribution in [2.45, 2.75) is 50.9 Å². The van der Waals surface area contributed by atoms with Gasteiger partial charge < -0.3 is 0 Å². The summed E-state index contributed by atoms with van der Waals surface area (Å²) in [6, 6.07) is 0. The highest BCUT2D eigenvalue weighted by Crippen LogP contribution is 2.63. The number of phosphoric ester groups is 1. The molecule has 19 heavy (non-hydrogen) atoms. The van der Waals surface area contributed by atoms with Gasteiger partial charge in [0.25, 0.3) is 6.10 Å². The molecular weight excluding hydrogens is 305 g/mol. The second kappa shape index (κ2) is 4.61. The van der Waals surface area contributed by atoms with E-state index in [0.29, 0.717) is 0 Å². The van der Waals surface area contributed by atoms with Crippen LogP contribution in [0.4, 0.5) is 26.3 Å². The maximum atomic E-state index is 12.3. The Morgan fingerprint density at radius 2 is 1.58 bits per heavy atom. The summed E-state index contributed by atoms with van der Waals surface area (Å²) in [5, 5.41) is 0. The van der Waals surface area contributed by atoms with E-state index in [9.17, 15) is 30.9 Å². The van der Waals surface area contributed by atoms with Crippen molar-refractivity contribution in [3.63, 3.8) is 0 Å². The van der Waals surface area contributed by atoms with Crippen molar-refractivity contribution >= 4 is 7.82 Å². The van der Waals surface area contributed by atoms with Gasteiger partial charge in [0.1, 0.15) is 5.60 Å². The van der Waals surface area contributed by atoms with Gasteiger partial charge in [-0.25, -0.2) is 4.57 Å². The first-order valence-electron chi connectivity index (χ1n) is 4.98. The topological polar surface area (TPSA) is 44.8 Å². The van der Waals surface area contributed by atoms with Crippen molar-refractivity contribution < 1.29 is 44.5 Å². The molecule has 2 unspecified atom stereocenters. The van der Waals surface area contributed by atoms with Crippen LogP contribution in [0.2, 0.25) is 0 Å². The smallest absolute Gasteiger partial charge is 0.281 e. The molecule has 1 aliphatic rings. The van der Waals surface area contributed by atoms with Crippen molar-refractivity contribution in [2.75, 3.05) is 0 Å². The molecule has 1 aliphatic heterocycles. The third-order valence-electron chi connectivity index (χ3n) is 2.44. The maximum Gasteiger partial charge on any atom is 0.476 e. The molecule has 2 atom stereocenters. The van der Waals surface area contributed by atoms with Crippen LogP contribution < -0.4 is 0 Å². The molecule has 1 fully saturated rings. The zero-order chi connectivity index (χ0) is 15.3. The molecule has 114 valence electrons. The molecule has 0 spiro atoms. The predicted molar refractivity (Wildman–Crippen MR) is 50.3 cm³/mol. The first-order valence-corrected chi connectivity index (χ1v) is 6.44. The van der Waals surface area contributed by atoms with E-state index in [4.69, 9.17) is 0 Å². The first kappa shape index (κ1) is 16.7. The zero-order valence-corrected chi connectivity index (χ0v) is 10.9. The lowest BCUT2D eigenvalue weighted by Gasteiger charge is -2.25. The minimum absolute atomic E-state index is 0.986. The number of phosphoric acid groups is 1. The number of hydrogen-bond acceptors (Lipinski definition) is 4. The van der Waals surface area contributed by atoms with Gasteiger partial charge in [-0.05, 0) is 20.8 Å². The Balaban J connectivity index is 2.97. The lowest BCUT2D eigenvalue weighted by Crippen LogP contribution is -2.43. The minimum Gasteiger partial charge on any atom is -0.281 e. The highest BCUT2D eigenvalue weighted by molar-refractivity contribution is 7.48. The molecule has 0 aromatic heterocycles. The lowest BCUT2D eigenvalue weighted by atomic mass is 10.0. The van der Waals surface area contributed by atoms with Crippen LogP contribution in [0.15, 0.2) is 0 Å². The summed E-state index contributed by atoms with van der Waals surface area (Å²) < 4.78 is 97.9. The van der Waals surface area contributed by atoms with E-state index in [2.05, 4.69) is 13.6 Å². The average molecular weight is 316 g/mol. The van der Waals surface area contributed by atoms with Crippen LogP contribution in [0, 0.1) is 0 Å². The van der Waals surface area contributed by atoms with Crippen LogP contribution in [0.1, 0.15) is 20.8 Å². The fourth-order valence-electron chi connectivity index (χ4n) is 1.19. The van der Waals surface area contributed by atoms with Crippen LogP contribution in [-0.2, 0) is 18.1 Å². The van der Waals surface area contributed by atoms with Crippen LogP contribution in [0.25, 0.3) is 0 Å². The van der Waals surface area contributed by atoms with E-state index in [-0.39, 0.29) is 0 Å². The van der Waals surface area contributed by atoms with Crippen molar-refractivity contribution in [3.05, 3.63) is 0 Å². The first-order chi connectivity index (χ1) is 8.17. The zero-order valence-electron chi connectivity index (χ0n) is 10.0. The monoisotopic (exact) mass is 316 g/mol. The van der Waals surface area contributed by atoms with Crippen LogP contribution in [0.5, 0.6) is 0 Å². The van der Waals surface area contributed by atoms with Crippen LogP contribution in [-0.4, -0.2) is 30.2 Å². The van der Waals surface area contributed by atoms with Gasteiger partial charge in [-0.2, -0.15) is 26.3 Å². The predicted octanol–water partition coefficient (Wildman–Crippen LogP) is 3.82. The SMILES string of the molecule is CC1OP(=O)(OC(C(F)(F)F)C(F)(F)F)OC1(C)C. The molecule has 0 aliphatic carbocycles. The number of halogens is 6. The standard InChI is InChI=1S/C8H11F6O4P/c1-4-6(2,3)18-19(15,16-4)17-5(7(9,10)11)8(12,13)14/h4-5H,1-3H3. The number of rotatable bonds is 2. The van der Waals surface area contributed by atoms with Gasteiger partial charge in [-0.15, -0.1) is 0 Å². The molecule has 0 radical (unpaired) electrons. The Morgan fingerprint density at radius 3 is 1.84 bits per heavy atom. The largest absolute Gasteiger partial charge is 0.476 e. The van der Waals surface area contributed by atoms with Gasteiger partial charge in [-0.1, -0.05) is 0 Å². The Labute approximate surface area is 104 Å². The lowest BCUT2D eigenvalue weighted by molar-refractivity contribution is -0.303. The molecule has 0 bridgehead atoms. The number of hydrogen-bond donors (Lipinski definition) is 0. The molecule has 4 nitrogen and oxygen atoms in total. The minimum atomic E-state index is -5.78. The van der Waals surface area contributed by atoms with E-state index in [1.54, 1.807) is 0 Å². The fourth-order valence-corrected chi connectivity index (χ4v) is 3.18. The van der Waals surface area contributed by atoms with Gasteiger partial charge in [-0.3, -0.25) is 13.6 Å².